The number of halogens is 1. The molecule has 1 amide bonds. The highest BCUT2D eigenvalue weighted by molar-refractivity contribution is 9.09. The van der Waals surface area contributed by atoms with Crippen molar-refractivity contribution in [3.05, 3.63) is 35.2 Å². The third-order valence-corrected chi connectivity index (χ3v) is 3.80. The average Bonchev–Trinajstić information content (AvgIpc) is 2.87. The van der Waals surface area contributed by atoms with E-state index in [0.717, 1.165) is 17.7 Å². The zero-order valence-electron chi connectivity index (χ0n) is 9.94. The number of nitrogens with one attached hydrogen (secondary N) is 1. The summed E-state index contributed by atoms with van der Waals surface area (Å²) in [7, 11) is 0. The van der Waals surface area contributed by atoms with Gasteiger partial charge in [-0.3, -0.25) is 4.79 Å². The highest BCUT2D eigenvalue weighted by Crippen LogP contribution is 2.25. The van der Waals surface area contributed by atoms with Gasteiger partial charge in [0.05, 0.1) is 11.0 Å². The third-order valence-electron chi connectivity index (χ3n) is 2.53. The minimum Gasteiger partial charge on any atom is -0.301 e. The molecule has 0 saturated heterocycles. The Morgan fingerprint density at radius 2 is 2.11 bits per heavy atom. The van der Waals surface area contributed by atoms with Crippen LogP contribution in [0.25, 0.3) is 11.3 Å². The van der Waals surface area contributed by atoms with E-state index in [-0.39, 0.29) is 11.2 Å². The van der Waals surface area contributed by atoms with Crippen LogP contribution in [0, 0.1) is 0 Å². The quantitative estimate of drug-likeness (QED) is 0.871. The van der Waals surface area contributed by atoms with E-state index in [1.807, 2.05) is 5.38 Å². The topological polar surface area (TPSA) is 42.0 Å². The van der Waals surface area contributed by atoms with E-state index >= 15 is 0 Å². The molecule has 1 heterocycles. The molecule has 5 heteroatoms. The Bertz CT molecular complexity index is 536. The molecule has 0 bridgehead atoms. The molecule has 0 aliphatic carbocycles. The molecule has 3 nitrogen and oxygen atoms in total. The van der Waals surface area contributed by atoms with Crippen LogP contribution in [-0.4, -0.2) is 16.2 Å². The van der Waals surface area contributed by atoms with E-state index in [4.69, 9.17) is 0 Å². The summed E-state index contributed by atoms with van der Waals surface area (Å²) in [5.74, 6) is -0.0859. The van der Waals surface area contributed by atoms with Crippen LogP contribution < -0.4 is 5.32 Å². The molecule has 0 saturated carbocycles. The molecule has 18 heavy (non-hydrogen) atoms. The van der Waals surface area contributed by atoms with Crippen molar-refractivity contribution in [1.29, 1.82) is 0 Å². The monoisotopic (exact) mass is 324 g/mol. The number of aryl methyl sites for hydroxylation is 1. The number of hydrogen-bond acceptors (Lipinski definition) is 3. The molecule has 0 radical (unpaired) electrons. The van der Waals surface area contributed by atoms with Crippen LogP contribution in [-0.2, 0) is 11.2 Å². The second kappa shape index (κ2) is 6.11. The number of alkyl halides is 1. The highest BCUT2D eigenvalue weighted by atomic mass is 79.9. The number of carbonyl (C=O) groups excluding carboxylic acids is 1. The predicted molar refractivity (Wildman–Crippen MR) is 79.4 cm³/mol. The van der Waals surface area contributed by atoms with E-state index in [0.29, 0.717) is 5.13 Å². The van der Waals surface area contributed by atoms with Gasteiger partial charge in [-0.25, -0.2) is 4.98 Å². The first-order valence-corrected chi connectivity index (χ1v) is 7.63. The van der Waals surface area contributed by atoms with Gasteiger partial charge in [-0.1, -0.05) is 47.1 Å². The summed E-state index contributed by atoms with van der Waals surface area (Å²) < 4.78 is 0. The van der Waals surface area contributed by atoms with Gasteiger partial charge >= 0.3 is 0 Å². The molecule has 1 aromatic heterocycles. The zero-order chi connectivity index (χ0) is 13.0. The van der Waals surface area contributed by atoms with Gasteiger partial charge in [0.1, 0.15) is 0 Å². The standard InChI is InChI=1S/C13H13BrN2OS/c1-2-9-3-5-10(6-4-9)11-8-18-13(15-11)16-12(17)7-14/h3-6,8H,2,7H2,1H3,(H,15,16,17). The number of thiazole rings is 1. The SMILES string of the molecule is CCc1ccc(-c2csc(NC(=O)CBr)n2)cc1. The molecule has 0 atom stereocenters. The fourth-order valence-electron chi connectivity index (χ4n) is 1.53. The molecule has 2 aromatic rings. The van der Waals surface area contributed by atoms with Crippen LogP contribution in [0.2, 0.25) is 0 Å². The highest BCUT2D eigenvalue weighted by Gasteiger charge is 2.06. The molecule has 0 fully saturated rings. The Morgan fingerprint density at radius 1 is 1.39 bits per heavy atom. The van der Waals surface area contributed by atoms with E-state index in [9.17, 15) is 4.79 Å². The number of aromatic nitrogens is 1. The molecular formula is C13H13BrN2OS. The largest absolute Gasteiger partial charge is 0.301 e. The van der Waals surface area contributed by atoms with Crippen molar-refractivity contribution >= 4 is 38.3 Å². The summed E-state index contributed by atoms with van der Waals surface area (Å²) in [6.45, 7) is 2.13. The Labute approximate surface area is 118 Å². The number of nitrogens with zero attached hydrogens (tertiary/aromatic N) is 1. The Hall–Kier alpha value is -1.20. The van der Waals surface area contributed by atoms with Gasteiger partial charge < -0.3 is 5.32 Å². The molecule has 0 aliphatic rings. The maximum Gasteiger partial charge on any atom is 0.236 e. The summed E-state index contributed by atoms with van der Waals surface area (Å²) in [6.07, 6.45) is 1.03. The summed E-state index contributed by atoms with van der Waals surface area (Å²) >= 11 is 4.54. The van der Waals surface area contributed by atoms with Crippen LogP contribution in [0.4, 0.5) is 5.13 Å². The summed E-state index contributed by atoms with van der Waals surface area (Å²) in [6, 6.07) is 8.32. The summed E-state index contributed by atoms with van der Waals surface area (Å²) in [5, 5.41) is 5.59. The van der Waals surface area contributed by atoms with Gasteiger partial charge in [0.25, 0.3) is 0 Å². The van der Waals surface area contributed by atoms with Crippen molar-refractivity contribution < 1.29 is 4.79 Å². The van der Waals surface area contributed by atoms with Crippen LogP contribution in [0.5, 0.6) is 0 Å². The lowest BCUT2D eigenvalue weighted by Gasteiger charge is -1.99. The molecule has 1 N–H and O–H groups in total. The fraction of sp³-hybridized carbons (Fsp3) is 0.231. The van der Waals surface area contributed by atoms with Crippen LogP contribution in [0.1, 0.15) is 12.5 Å². The molecular weight excluding hydrogens is 312 g/mol. The van der Waals surface area contributed by atoms with Crippen molar-refractivity contribution in [2.24, 2.45) is 0 Å². The summed E-state index contributed by atoms with van der Waals surface area (Å²) in [4.78, 5) is 15.6. The van der Waals surface area contributed by atoms with Gasteiger partial charge in [0.2, 0.25) is 5.91 Å². The maximum absolute atomic E-state index is 11.2. The van der Waals surface area contributed by atoms with Crippen molar-refractivity contribution in [2.45, 2.75) is 13.3 Å². The lowest BCUT2D eigenvalue weighted by atomic mass is 10.1. The van der Waals surface area contributed by atoms with Crippen LogP contribution in [0.15, 0.2) is 29.6 Å². The minimum absolute atomic E-state index is 0.0859. The zero-order valence-corrected chi connectivity index (χ0v) is 12.3. The molecule has 0 unspecified atom stereocenters. The van der Waals surface area contributed by atoms with Crippen LogP contribution in [0.3, 0.4) is 0 Å². The van der Waals surface area contributed by atoms with Gasteiger partial charge in [-0.05, 0) is 12.0 Å². The van der Waals surface area contributed by atoms with Gasteiger partial charge in [0, 0.05) is 10.9 Å². The first-order chi connectivity index (χ1) is 8.72. The number of benzene rings is 1. The van der Waals surface area contributed by atoms with E-state index < -0.39 is 0 Å². The van der Waals surface area contributed by atoms with Gasteiger partial charge in [-0.15, -0.1) is 11.3 Å². The Morgan fingerprint density at radius 3 is 2.72 bits per heavy atom. The smallest absolute Gasteiger partial charge is 0.236 e. The van der Waals surface area contributed by atoms with Crippen molar-refractivity contribution in [2.75, 3.05) is 10.6 Å². The molecule has 1 aromatic carbocycles. The average molecular weight is 325 g/mol. The molecule has 2 rings (SSSR count). The second-order valence-electron chi connectivity index (χ2n) is 3.77. The van der Waals surface area contributed by atoms with Crippen molar-refractivity contribution in [1.82, 2.24) is 4.98 Å². The first-order valence-electron chi connectivity index (χ1n) is 5.63. The maximum atomic E-state index is 11.2. The van der Waals surface area contributed by atoms with E-state index in [1.165, 1.54) is 16.9 Å². The van der Waals surface area contributed by atoms with Crippen LogP contribution >= 0.6 is 27.3 Å². The lowest BCUT2D eigenvalue weighted by Crippen LogP contribution is -2.11. The number of rotatable bonds is 4. The second-order valence-corrected chi connectivity index (χ2v) is 5.19. The molecule has 94 valence electrons. The van der Waals surface area contributed by atoms with Crippen molar-refractivity contribution in [3.63, 3.8) is 0 Å². The number of carbonyl (C=O) groups is 1. The van der Waals surface area contributed by atoms with E-state index in [2.05, 4.69) is 57.4 Å². The normalized spacial score (nSPS) is 10.3. The summed E-state index contributed by atoms with van der Waals surface area (Å²) in [5.41, 5.74) is 3.28. The fourth-order valence-corrected chi connectivity index (χ4v) is 2.40. The number of amides is 1. The number of hydrogen-bond donors (Lipinski definition) is 1. The van der Waals surface area contributed by atoms with Gasteiger partial charge in [-0.2, -0.15) is 0 Å². The third kappa shape index (κ3) is 3.17. The number of anilines is 1. The Kier molecular flexibility index (Phi) is 4.49. The molecule has 0 spiro atoms. The lowest BCUT2D eigenvalue weighted by molar-refractivity contribution is -0.113. The first kappa shape index (κ1) is 13.2. The van der Waals surface area contributed by atoms with Crippen molar-refractivity contribution in [3.8, 4) is 11.3 Å². The predicted octanol–water partition coefficient (Wildman–Crippen LogP) is 3.71. The molecule has 0 aliphatic heterocycles. The Balaban J connectivity index is 2.15. The minimum atomic E-state index is -0.0859. The van der Waals surface area contributed by atoms with Gasteiger partial charge in [0.15, 0.2) is 5.13 Å². The van der Waals surface area contributed by atoms with E-state index in [1.54, 1.807) is 0 Å².